The number of hydrogen-bond acceptors (Lipinski definition) is 2. The van der Waals surface area contributed by atoms with Gasteiger partial charge in [0.1, 0.15) is 16.2 Å². The first-order chi connectivity index (χ1) is 8.74. The van der Waals surface area contributed by atoms with Gasteiger partial charge in [0.25, 0.3) is 0 Å². The van der Waals surface area contributed by atoms with E-state index in [1.165, 1.54) is 0 Å². The van der Waals surface area contributed by atoms with E-state index in [9.17, 15) is 0 Å². The SMILES string of the molecule is Clc1ccc2c(Br)nc(CCc3ccco3)n2c1. The van der Waals surface area contributed by atoms with E-state index in [1.807, 2.05) is 34.9 Å². The first-order valence-corrected chi connectivity index (χ1v) is 6.75. The molecule has 3 nitrogen and oxygen atoms in total. The van der Waals surface area contributed by atoms with Gasteiger partial charge in [-0.2, -0.15) is 0 Å². The van der Waals surface area contributed by atoms with Crippen molar-refractivity contribution in [1.29, 1.82) is 0 Å². The Morgan fingerprint density at radius 1 is 1.28 bits per heavy atom. The second kappa shape index (κ2) is 4.78. The molecule has 0 atom stereocenters. The van der Waals surface area contributed by atoms with Crippen LogP contribution in [0.15, 0.2) is 45.7 Å². The van der Waals surface area contributed by atoms with Crippen molar-refractivity contribution in [1.82, 2.24) is 9.38 Å². The average Bonchev–Trinajstić information content (AvgIpc) is 2.95. The van der Waals surface area contributed by atoms with Crippen molar-refractivity contribution in [3.8, 4) is 0 Å². The molecule has 0 radical (unpaired) electrons. The second-order valence-electron chi connectivity index (χ2n) is 4.00. The molecule has 3 rings (SSSR count). The van der Waals surface area contributed by atoms with Crippen molar-refractivity contribution >= 4 is 33.0 Å². The monoisotopic (exact) mass is 324 g/mol. The maximum absolute atomic E-state index is 6.02. The molecule has 0 unspecified atom stereocenters. The van der Waals surface area contributed by atoms with Gasteiger partial charge in [0.15, 0.2) is 0 Å². The lowest BCUT2D eigenvalue weighted by Crippen LogP contribution is -1.97. The minimum atomic E-state index is 0.701. The van der Waals surface area contributed by atoms with E-state index in [-0.39, 0.29) is 0 Å². The molecule has 92 valence electrons. The van der Waals surface area contributed by atoms with Gasteiger partial charge < -0.3 is 8.82 Å². The Morgan fingerprint density at radius 3 is 2.94 bits per heavy atom. The maximum Gasteiger partial charge on any atom is 0.132 e. The van der Waals surface area contributed by atoms with Gasteiger partial charge in [-0.05, 0) is 40.2 Å². The van der Waals surface area contributed by atoms with E-state index >= 15 is 0 Å². The van der Waals surface area contributed by atoms with Gasteiger partial charge in [-0.15, -0.1) is 0 Å². The first-order valence-electron chi connectivity index (χ1n) is 5.58. The molecule has 0 amide bonds. The number of aryl methyl sites for hydroxylation is 2. The summed E-state index contributed by atoms with van der Waals surface area (Å²) in [6.07, 6.45) is 5.20. The predicted octanol–water partition coefficient (Wildman–Crippen LogP) is 4.13. The lowest BCUT2D eigenvalue weighted by atomic mass is 10.2. The molecule has 3 aromatic heterocycles. The molecule has 0 spiro atoms. The van der Waals surface area contributed by atoms with E-state index in [1.54, 1.807) is 6.26 Å². The van der Waals surface area contributed by atoms with Crippen LogP contribution in [-0.4, -0.2) is 9.38 Å². The van der Waals surface area contributed by atoms with Gasteiger partial charge >= 0.3 is 0 Å². The van der Waals surface area contributed by atoms with Gasteiger partial charge in [-0.25, -0.2) is 4.98 Å². The molecule has 5 heteroatoms. The van der Waals surface area contributed by atoms with Crippen LogP contribution in [0.4, 0.5) is 0 Å². The lowest BCUT2D eigenvalue weighted by molar-refractivity contribution is 0.506. The standard InChI is InChI=1S/C13H10BrClN2O/c14-13-11-5-3-9(15)8-17(11)12(16-13)6-4-10-2-1-7-18-10/h1-3,5,7-8H,4,6H2. The van der Waals surface area contributed by atoms with Crippen molar-refractivity contribution in [2.24, 2.45) is 0 Å². The van der Waals surface area contributed by atoms with Crippen molar-refractivity contribution < 1.29 is 4.42 Å². The number of aromatic nitrogens is 2. The predicted molar refractivity (Wildman–Crippen MR) is 74.0 cm³/mol. The van der Waals surface area contributed by atoms with Gasteiger partial charge in [0.05, 0.1) is 16.8 Å². The molecule has 0 aliphatic rings. The van der Waals surface area contributed by atoms with Gasteiger partial charge in [0, 0.05) is 19.0 Å². The number of imidazole rings is 1. The zero-order valence-electron chi connectivity index (χ0n) is 9.44. The van der Waals surface area contributed by atoms with Crippen LogP contribution in [-0.2, 0) is 12.8 Å². The number of fused-ring (bicyclic) bond motifs is 1. The Morgan fingerprint density at radius 2 is 2.17 bits per heavy atom. The summed E-state index contributed by atoms with van der Waals surface area (Å²) >= 11 is 9.48. The highest BCUT2D eigenvalue weighted by molar-refractivity contribution is 9.10. The second-order valence-corrected chi connectivity index (χ2v) is 5.19. The largest absolute Gasteiger partial charge is 0.469 e. The minimum absolute atomic E-state index is 0.701. The first kappa shape index (κ1) is 11.8. The molecule has 0 N–H and O–H groups in total. The van der Waals surface area contributed by atoms with Crippen molar-refractivity contribution in [2.45, 2.75) is 12.8 Å². The summed E-state index contributed by atoms with van der Waals surface area (Å²) in [5.41, 5.74) is 1.02. The highest BCUT2D eigenvalue weighted by Crippen LogP contribution is 2.22. The smallest absolute Gasteiger partial charge is 0.132 e. The van der Waals surface area contributed by atoms with E-state index in [2.05, 4.69) is 20.9 Å². The van der Waals surface area contributed by atoms with Crippen LogP contribution < -0.4 is 0 Å². The molecule has 0 fully saturated rings. The van der Waals surface area contributed by atoms with Crippen LogP contribution in [0.2, 0.25) is 5.02 Å². The number of hydrogen-bond donors (Lipinski definition) is 0. The number of pyridine rings is 1. The molecule has 0 saturated heterocycles. The zero-order chi connectivity index (χ0) is 12.5. The Kier molecular flexibility index (Phi) is 3.14. The Bertz CT molecular complexity index is 676. The summed E-state index contributed by atoms with van der Waals surface area (Å²) in [5.74, 6) is 1.93. The summed E-state index contributed by atoms with van der Waals surface area (Å²) in [5, 5.41) is 0.701. The Balaban J connectivity index is 1.94. The van der Waals surface area contributed by atoms with E-state index in [0.29, 0.717) is 5.02 Å². The maximum atomic E-state index is 6.02. The highest BCUT2D eigenvalue weighted by atomic mass is 79.9. The molecule has 0 aliphatic heterocycles. The molecular weight excluding hydrogens is 316 g/mol. The van der Waals surface area contributed by atoms with Crippen LogP contribution in [0, 0.1) is 0 Å². The lowest BCUT2D eigenvalue weighted by Gasteiger charge is -2.00. The number of furan rings is 1. The molecular formula is C13H10BrClN2O. The van der Waals surface area contributed by atoms with Gasteiger partial charge in [0.2, 0.25) is 0 Å². The summed E-state index contributed by atoms with van der Waals surface area (Å²) in [6, 6.07) is 7.68. The highest BCUT2D eigenvalue weighted by Gasteiger charge is 2.09. The molecule has 3 aromatic rings. The molecule has 0 aliphatic carbocycles. The number of rotatable bonds is 3. The van der Waals surface area contributed by atoms with E-state index in [4.69, 9.17) is 16.0 Å². The Hall–Kier alpha value is -1.26. The van der Waals surface area contributed by atoms with Crippen LogP contribution in [0.5, 0.6) is 0 Å². The molecule has 3 heterocycles. The summed E-state index contributed by atoms with van der Waals surface area (Å²) in [6.45, 7) is 0. The van der Waals surface area contributed by atoms with Gasteiger partial charge in [-0.1, -0.05) is 11.6 Å². The molecule has 0 aromatic carbocycles. The van der Waals surface area contributed by atoms with Crippen LogP contribution >= 0.6 is 27.5 Å². The van der Waals surface area contributed by atoms with E-state index in [0.717, 1.165) is 34.5 Å². The van der Waals surface area contributed by atoms with Gasteiger partial charge in [-0.3, -0.25) is 0 Å². The van der Waals surface area contributed by atoms with Crippen molar-refractivity contribution in [3.63, 3.8) is 0 Å². The third-order valence-electron chi connectivity index (χ3n) is 2.80. The normalized spacial score (nSPS) is 11.2. The molecule has 0 bridgehead atoms. The summed E-state index contributed by atoms with van der Waals surface area (Å²) in [7, 11) is 0. The van der Waals surface area contributed by atoms with Crippen molar-refractivity contribution in [3.05, 3.63) is 57.9 Å². The molecule has 0 saturated carbocycles. The Labute approximate surface area is 118 Å². The fourth-order valence-electron chi connectivity index (χ4n) is 1.95. The van der Waals surface area contributed by atoms with E-state index < -0.39 is 0 Å². The number of nitrogens with zero attached hydrogens (tertiary/aromatic N) is 2. The van der Waals surface area contributed by atoms with Crippen molar-refractivity contribution in [2.75, 3.05) is 0 Å². The van der Waals surface area contributed by atoms with Crippen LogP contribution in [0.3, 0.4) is 0 Å². The topological polar surface area (TPSA) is 30.4 Å². The number of halogens is 2. The average molecular weight is 326 g/mol. The minimum Gasteiger partial charge on any atom is -0.469 e. The fraction of sp³-hybridized carbons (Fsp3) is 0.154. The third kappa shape index (κ3) is 2.18. The third-order valence-corrected chi connectivity index (χ3v) is 3.61. The zero-order valence-corrected chi connectivity index (χ0v) is 11.8. The quantitative estimate of drug-likeness (QED) is 0.725. The molecule has 18 heavy (non-hydrogen) atoms. The summed E-state index contributed by atoms with van der Waals surface area (Å²) < 4.78 is 8.17. The van der Waals surface area contributed by atoms with Crippen LogP contribution in [0.1, 0.15) is 11.6 Å². The summed E-state index contributed by atoms with van der Waals surface area (Å²) in [4.78, 5) is 4.51. The van der Waals surface area contributed by atoms with Crippen LogP contribution in [0.25, 0.3) is 5.52 Å². The fourth-order valence-corrected chi connectivity index (χ4v) is 2.64.